The fraction of sp³-hybridized carbons (Fsp3) is 0. The molecule has 0 aliphatic rings. The summed E-state index contributed by atoms with van der Waals surface area (Å²) < 4.78 is 22.5. The van der Waals surface area contributed by atoms with E-state index in [-0.39, 0.29) is 11.3 Å². The number of nitro groups is 1. The van der Waals surface area contributed by atoms with Gasteiger partial charge in [-0.05, 0) is 29.8 Å². The topological polar surface area (TPSA) is 165 Å². The smallest absolute Gasteiger partial charge is 0.335 e. The molecule has 0 radical (unpaired) electrons. The minimum Gasteiger partial charge on any atom is -0.478 e. The molecular weight excluding hydrogens is 352 g/mol. The molecule has 0 fully saturated rings. The number of sulfonamides is 1. The second-order valence-corrected chi connectivity index (χ2v) is 6.34. The number of hydrogen-bond donors (Lipinski definition) is 3. The Morgan fingerprint density at radius 3 is 2.40 bits per heavy atom. The Labute approximate surface area is 141 Å². The Morgan fingerprint density at radius 2 is 1.88 bits per heavy atom. The average Bonchev–Trinajstić information content (AvgIpc) is 2.54. The number of aromatic carboxylic acids is 1. The number of primary sulfonamides is 1. The van der Waals surface area contributed by atoms with Crippen LogP contribution in [-0.2, 0) is 10.0 Å². The van der Waals surface area contributed by atoms with Gasteiger partial charge in [0.25, 0.3) is 5.69 Å². The Bertz CT molecular complexity index is 954. The number of rotatable bonds is 6. The number of nitrogens with zero attached hydrogens (tertiary/aromatic N) is 2. The maximum Gasteiger partial charge on any atom is 0.335 e. The number of anilines is 1. The van der Waals surface area contributed by atoms with Crippen LogP contribution < -0.4 is 10.6 Å². The third-order valence-electron chi connectivity index (χ3n) is 3.05. The van der Waals surface area contributed by atoms with Crippen molar-refractivity contribution in [1.29, 1.82) is 0 Å². The molecule has 2 rings (SSSR count). The van der Waals surface area contributed by atoms with Crippen LogP contribution in [-0.4, -0.2) is 30.6 Å². The van der Waals surface area contributed by atoms with Gasteiger partial charge in [-0.3, -0.25) is 15.5 Å². The Kier molecular flexibility index (Phi) is 5.10. The Hall–Kier alpha value is -3.31. The summed E-state index contributed by atoms with van der Waals surface area (Å²) in [6.07, 6.45) is 1.32. The lowest BCUT2D eigenvalue weighted by molar-refractivity contribution is -0.384. The minimum absolute atomic E-state index is 0.0317. The summed E-state index contributed by atoms with van der Waals surface area (Å²) in [7, 11) is -4.07. The molecule has 0 spiro atoms. The Balaban J connectivity index is 2.22. The van der Waals surface area contributed by atoms with E-state index in [4.69, 9.17) is 10.2 Å². The predicted octanol–water partition coefficient (Wildman–Crippen LogP) is 1.39. The number of carboxylic acids is 1. The lowest BCUT2D eigenvalue weighted by atomic mass is 10.1. The summed E-state index contributed by atoms with van der Waals surface area (Å²) in [5, 5.41) is 28.6. The third-order valence-corrected chi connectivity index (χ3v) is 3.96. The van der Waals surface area contributed by atoms with E-state index >= 15 is 0 Å². The van der Waals surface area contributed by atoms with Gasteiger partial charge in [-0.15, -0.1) is 0 Å². The third kappa shape index (κ3) is 4.59. The van der Waals surface area contributed by atoms with Crippen molar-refractivity contribution in [1.82, 2.24) is 0 Å². The van der Waals surface area contributed by atoms with Gasteiger partial charge in [0.2, 0.25) is 10.0 Å². The van der Waals surface area contributed by atoms with Crippen molar-refractivity contribution in [2.24, 2.45) is 10.2 Å². The monoisotopic (exact) mass is 364 g/mol. The van der Waals surface area contributed by atoms with Crippen molar-refractivity contribution in [2.75, 3.05) is 5.43 Å². The summed E-state index contributed by atoms with van der Waals surface area (Å²) in [5.74, 6) is -1.06. The number of hydrazone groups is 1. The highest BCUT2D eigenvalue weighted by Gasteiger charge is 2.18. The molecule has 0 saturated heterocycles. The maximum absolute atomic E-state index is 11.3. The molecule has 0 aliphatic heterocycles. The summed E-state index contributed by atoms with van der Waals surface area (Å²) in [4.78, 5) is 20.6. The van der Waals surface area contributed by atoms with Crippen LogP contribution in [0.5, 0.6) is 0 Å². The number of nitrogens with two attached hydrogens (primary N) is 1. The number of carboxylic acid groups (broad SMARTS) is 1. The van der Waals surface area contributed by atoms with Crippen molar-refractivity contribution in [3.05, 3.63) is 63.7 Å². The van der Waals surface area contributed by atoms with E-state index < -0.39 is 31.5 Å². The van der Waals surface area contributed by atoms with Crippen molar-refractivity contribution >= 4 is 33.6 Å². The van der Waals surface area contributed by atoms with Gasteiger partial charge in [-0.2, -0.15) is 5.10 Å². The highest BCUT2D eigenvalue weighted by molar-refractivity contribution is 7.89. The van der Waals surface area contributed by atoms with E-state index in [2.05, 4.69) is 10.5 Å². The van der Waals surface area contributed by atoms with Gasteiger partial charge in [0.1, 0.15) is 5.69 Å². The summed E-state index contributed by atoms with van der Waals surface area (Å²) >= 11 is 0. The van der Waals surface area contributed by atoms with E-state index in [0.29, 0.717) is 5.56 Å². The van der Waals surface area contributed by atoms with Crippen molar-refractivity contribution in [2.45, 2.75) is 4.90 Å². The highest BCUT2D eigenvalue weighted by Crippen LogP contribution is 2.27. The molecule has 0 amide bonds. The summed E-state index contributed by atoms with van der Waals surface area (Å²) in [6.45, 7) is 0. The lowest BCUT2D eigenvalue weighted by Gasteiger charge is -2.04. The van der Waals surface area contributed by atoms with Crippen LogP contribution in [0.4, 0.5) is 11.4 Å². The van der Waals surface area contributed by atoms with Gasteiger partial charge in [0.05, 0.1) is 21.6 Å². The van der Waals surface area contributed by atoms with E-state index in [9.17, 15) is 23.3 Å². The molecule has 0 saturated carbocycles. The van der Waals surface area contributed by atoms with Gasteiger partial charge in [-0.25, -0.2) is 18.4 Å². The van der Waals surface area contributed by atoms with Crippen molar-refractivity contribution in [3.8, 4) is 0 Å². The number of nitrogens with one attached hydrogen (secondary N) is 1. The van der Waals surface area contributed by atoms with Gasteiger partial charge < -0.3 is 5.11 Å². The normalized spacial score (nSPS) is 11.4. The zero-order valence-corrected chi connectivity index (χ0v) is 13.3. The molecule has 2 aromatic carbocycles. The summed E-state index contributed by atoms with van der Waals surface area (Å²) in [6, 6.07) is 8.89. The standard InChI is InChI=1S/C14H12N4O6S/c15-25(23,24)11-5-6-12(13(7-11)18(21)22)17-16-8-9-1-3-10(4-2-9)14(19)20/h1-8,17H,(H,19,20)(H2,15,23,24)/b16-8-. The molecule has 130 valence electrons. The van der Waals surface area contributed by atoms with Crippen LogP contribution in [0.1, 0.15) is 15.9 Å². The fourth-order valence-electron chi connectivity index (χ4n) is 1.82. The van der Waals surface area contributed by atoms with E-state index in [1.54, 1.807) is 0 Å². The van der Waals surface area contributed by atoms with E-state index in [0.717, 1.165) is 12.1 Å². The molecule has 0 heterocycles. The average molecular weight is 364 g/mol. The van der Waals surface area contributed by atoms with Crippen LogP contribution in [0.25, 0.3) is 0 Å². The zero-order chi connectivity index (χ0) is 18.6. The Morgan fingerprint density at radius 1 is 1.24 bits per heavy atom. The molecule has 25 heavy (non-hydrogen) atoms. The molecule has 0 unspecified atom stereocenters. The van der Waals surface area contributed by atoms with Crippen LogP contribution >= 0.6 is 0 Å². The fourth-order valence-corrected chi connectivity index (χ4v) is 2.36. The summed E-state index contributed by atoms with van der Waals surface area (Å²) in [5.41, 5.74) is 2.56. The van der Waals surface area contributed by atoms with Crippen LogP contribution in [0.15, 0.2) is 52.5 Å². The largest absolute Gasteiger partial charge is 0.478 e. The molecule has 2 aromatic rings. The van der Waals surface area contributed by atoms with Gasteiger partial charge in [-0.1, -0.05) is 12.1 Å². The number of hydrogen-bond acceptors (Lipinski definition) is 7. The second kappa shape index (κ2) is 7.07. The molecule has 0 atom stereocenters. The number of nitro benzene ring substituents is 1. The highest BCUT2D eigenvalue weighted by atomic mass is 32.2. The van der Waals surface area contributed by atoms with Crippen molar-refractivity contribution < 1.29 is 23.2 Å². The minimum atomic E-state index is -4.07. The van der Waals surface area contributed by atoms with Crippen molar-refractivity contribution in [3.63, 3.8) is 0 Å². The predicted molar refractivity (Wildman–Crippen MR) is 89.1 cm³/mol. The molecule has 11 heteroatoms. The lowest BCUT2D eigenvalue weighted by Crippen LogP contribution is -2.12. The first kappa shape index (κ1) is 18.0. The molecule has 4 N–H and O–H groups in total. The first-order chi connectivity index (χ1) is 11.7. The van der Waals surface area contributed by atoms with Gasteiger partial charge in [0, 0.05) is 6.07 Å². The zero-order valence-electron chi connectivity index (χ0n) is 12.5. The number of benzene rings is 2. The SMILES string of the molecule is NS(=O)(=O)c1ccc(N/N=C\c2ccc(C(=O)O)cc2)c([N+](=O)[O-])c1. The quantitative estimate of drug-likeness (QED) is 0.395. The van der Waals surface area contributed by atoms with E-state index in [1.165, 1.54) is 36.5 Å². The first-order valence-corrected chi connectivity index (χ1v) is 8.17. The number of carbonyl (C=O) groups is 1. The van der Waals surface area contributed by atoms with Crippen LogP contribution in [0.3, 0.4) is 0 Å². The van der Waals surface area contributed by atoms with E-state index in [1.807, 2.05) is 0 Å². The molecule has 0 aliphatic carbocycles. The van der Waals surface area contributed by atoms with Gasteiger partial charge >= 0.3 is 5.97 Å². The van der Waals surface area contributed by atoms with Gasteiger partial charge in [0.15, 0.2) is 0 Å². The molecule has 0 aromatic heterocycles. The molecule has 0 bridgehead atoms. The first-order valence-electron chi connectivity index (χ1n) is 6.62. The second-order valence-electron chi connectivity index (χ2n) is 4.78. The molecule has 10 nitrogen and oxygen atoms in total. The molecular formula is C14H12N4O6S. The van der Waals surface area contributed by atoms with Crippen LogP contribution in [0, 0.1) is 10.1 Å². The maximum atomic E-state index is 11.3. The van der Waals surface area contributed by atoms with Crippen LogP contribution in [0.2, 0.25) is 0 Å².